The van der Waals surface area contributed by atoms with Crippen molar-refractivity contribution >= 4 is 5.78 Å². The lowest BCUT2D eigenvalue weighted by Crippen LogP contribution is -2.54. The summed E-state index contributed by atoms with van der Waals surface area (Å²) in [5.74, 6) is 7.25. The summed E-state index contributed by atoms with van der Waals surface area (Å²) >= 11 is 0. The van der Waals surface area contributed by atoms with E-state index in [-0.39, 0.29) is 22.7 Å². The molecular formula is C30H38N2O8. The van der Waals surface area contributed by atoms with Crippen molar-refractivity contribution in [1.82, 2.24) is 9.55 Å². The van der Waals surface area contributed by atoms with Gasteiger partial charge in [-0.15, -0.1) is 0 Å². The first-order valence-electron chi connectivity index (χ1n) is 14.4. The maximum absolute atomic E-state index is 12.7. The first-order chi connectivity index (χ1) is 18.9. The SMILES string of the molecule is C[C@]12CCC(=O)C=C1CC[C@@H]1[C@@H]2CC[C@@]2(C)[C@H]1CC[C@@]2(O)C#Cc1cn([C@@H]2O[C@H](CO)[C@@H](O)[C@H]2O)c(=O)[nH]c1=O. The van der Waals surface area contributed by atoms with Crippen LogP contribution in [0, 0.1) is 40.4 Å². The molecule has 1 aromatic rings. The Morgan fingerprint density at radius 3 is 2.52 bits per heavy atom. The second-order valence-corrected chi connectivity index (χ2v) is 13.0. The van der Waals surface area contributed by atoms with Crippen LogP contribution in [0.1, 0.15) is 77.0 Å². The average molecular weight is 555 g/mol. The minimum atomic E-state index is -1.49. The van der Waals surface area contributed by atoms with Crippen LogP contribution in [0.5, 0.6) is 0 Å². The van der Waals surface area contributed by atoms with Crippen LogP contribution in [0.15, 0.2) is 27.4 Å². The van der Waals surface area contributed by atoms with E-state index in [2.05, 4.69) is 30.7 Å². The molecule has 0 bridgehead atoms. The number of ketones is 1. The largest absolute Gasteiger partial charge is 0.394 e. The highest BCUT2D eigenvalue weighted by Crippen LogP contribution is 2.67. The summed E-state index contributed by atoms with van der Waals surface area (Å²) in [7, 11) is 0. The summed E-state index contributed by atoms with van der Waals surface area (Å²) in [6.45, 7) is 3.88. The van der Waals surface area contributed by atoms with E-state index in [0.29, 0.717) is 24.7 Å². The van der Waals surface area contributed by atoms with Crippen LogP contribution < -0.4 is 11.2 Å². The number of hydrogen-bond acceptors (Lipinski definition) is 8. The number of ether oxygens (including phenoxy) is 1. The summed E-state index contributed by atoms with van der Waals surface area (Å²) in [5, 5.41) is 41.8. The van der Waals surface area contributed by atoms with Crippen LogP contribution in [0.3, 0.4) is 0 Å². The van der Waals surface area contributed by atoms with E-state index in [1.54, 1.807) is 0 Å². The number of aromatic nitrogens is 2. The monoisotopic (exact) mass is 554 g/mol. The highest BCUT2D eigenvalue weighted by Gasteiger charge is 2.63. The molecule has 1 aliphatic heterocycles. The van der Waals surface area contributed by atoms with Gasteiger partial charge in [-0.1, -0.05) is 31.3 Å². The number of aromatic amines is 1. The maximum Gasteiger partial charge on any atom is 0.330 e. The maximum atomic E-state index is 12.7. The molecule has 10 nitrogen and oxygen atoms in total. The Kier molecular flexibility index (Phi) is 6.56. The van der Waals surface area contributed by atoms with Crippen molar-refractivity contribution in [3.63, 3.8) is 0 Å². The standard InChI is InChI=1S/C30H38N2O8/c1-28-9-6-18(34)13-17(28)3-4-19-20(28)7-10-29(2)21(19)8-12-30(29,39)11-5-16-14-32(27(38)31-25(16)37)26-24(36)23(35)22(15-33)40-26/h13-14,19-24,26,33,35-36,39H,3-4,6-10,12,15H2,1-2H3,(H,31,37,38)/t19-,20+,21+,22-,23-,24-,26-,28+,29+,30+/m1/s1. The fraction of sp³-hybridized carbons (Fsp3) is 0.700. The molecular weight excluding hydrogens is 516 g/mol. The Labute approximate surface area is 232 Å². The fourth-order valence-electron chi connectivity index (χ4n) is 8.82. The molecule has 0 unspecified atom stereocenters. The van der Waals surface area contributed by atoms with Gasteiger partial charge in [0.15, 0.2) is 12.0 Å². The van der Waals surface area contributed by atoms with E-state index in [9.17, 15) is 34.8 Å². The zero-order valence-corrected chi connectivity index (χ0v) is 22.9. The minimum Gasteiger partial charge on any atom is -0.394 e. The molecule has 10 heteroatoms. The van der Waals surface area contributed by atoms with Crippen LogP contribution >= 0.6 is 0 Å². The van der Waals surface area contributed by atoms with Gasteiger partial charge >= 0.3 is 5.69 Å². The first kappa shape index (κ1) is 27.6. The normalized spacial score (nSPS) is 44.2. The zero-order valence-electron chi connectivity index (χ0n) is 22.9. The van der Waals surface area contributed by atoms with Gasteiger partial charge in [0.1, 0.15) is 29.5 Å². The average Bonchev–Trinajstić information content (AvgIpc) is 3.36. The number of aliphatic hydroxyl groups excluding tert-OH is 3. The molecule has 6 rings (SSSR count). The Balaban J connectivity index is 1.29. The van der Waals surface area contributed by atoms with Gasteiger partial charge in [-0.2, -0.15) is 0 Å². The number of nitrogens with zero attached hydrogens (tertiary/aromatic N) is 1. The fourth-order valence-corrected chi connectivity index (χ4v) is 8.82. The molecule has 216 valence electrons. The quantitative estimate of drug-likeness (QED) is 0.335. The topological polar surface area (TPSA) is 162 Å². The van der Waals surface area contributed by atoms with E-state index >= 15 is 0 Å². The lowest BCUT2D eigenvalue weighted by molar-refractivity contribution is -0.119. The third-order valence-corrected chi connectivity index (χ3v) is 11.3. The summed E-state index contributed by atoms with van der Waals surface area (Å²) in [6.07, 6.45) is 4.21. The molecule has 5 aliphatic rings. The first-order valence-corrected chi connectivity index (χ1v) is 14.4. The van der Waals surface area contributed by atoms with Gasteiger partial charge in [-0.05, 0) is 74.2 Å². The second-order valence-electron chi connectivity index (χ2n) is 13.0. The van der Waals surface area contributed by atoms with Crippen molar-refractivity contribution in [3.8, 4) is 11.8 Å². The molecule has 2 heterocycles. The summed E-state index contributed by atoms with van der Waals surface area (Å²) in [5.41, 5.74) is -2.10. The Morgan fingerprint density at radius 2 is 1.80 bits per heavy atom. The number of H-pyrrole nitrogens is 1. The molecule has 5 N–H and O–H groups in total. The number of carbonyl (C=O) groups excluding carboxylic acids is 1. The smallest absolute Gasteiger partial charge is 0.330 e. The van der Waals surface area contributed by atoms with Gasteiger partial charge in [-0.25, -0.2) is 4.79 Å². The van der Waals surface area contributed by atoms with E-state index in [1.165, 1.54) is 11.8 Å². The number of aliphatic hydroxyl groups is 4. The minimum absolute atomic E-state index is 0.0288. The Bertz CT molecular complexity index is 1440. The van der Waals surface area contributed by atoms with Crippen LogP contribution in [0.25, 0.3) is 0 Å². The third kappa shape index (κ3) is 3.93. The van der Waals surface area contributed by atoms with Crippen molar-refractivity contribution in [2.24, 2.45) is 28.6 Å². The lowest BCUT2D eigenvalue weighted by Gasteiger charge is -2.58. The number of rotatable bonds is 2. The van der Waals surface area contributed by atoms with Gasteiger partial charge < -0.3 is 25.2 Å². The lowest BCUT2D eigenvalue weighted by atomic mass is 9.46. The van der Waals surface area contributed by atoms with E-state index in [1.807, 2.05) is 6.08 Å². The Hall–Kier alpha value is -2.55. The van der Waals surface area contributed by atoms with Crippen molar-refractivity contribution < 1.29 is 30.0 Å². The number of nitrogens with one attached hydrogen (secondary N) is 1. The second kappa shape index (κ2) is 9.50. The van der Waals surface area contributed by atoms with Crippen molar-refractivity contribution in [2.75, 3.05) is 6.61 Å². The third-order valence-electron chi connectivity index (χ3n) is 11.3. The van der Waals surface area contributed by atoms with Gasteiger partial charge in [-0.3, -0.25) is 19.1 Å². The summed E-state index contributed by atoms with van der Waals surface area (Å²) in [6, 6.07) is 0. The molecule has 1 saturated heterocycles. The van der Waals surface area contributed by atoms with E-state index in [0.717, 1.165) is 43.1 Å². The molecule has 10 atom stereocenters. The molecule has 0 radical (unpaired) electrons. The predicted octanol–water partition coefficient (Wildman–Crippen LogP) is 0.763. The molecule has 0 aromatic carbocycles. The van der Waals surface area contributed by atoms with E-state index < -0.39 is 53.4 Å². The summed E-state index contributed by atoms with van der Waals surface area (Å²) in [4.78, 5) is 39.5. The number of carbonyl (C=O) groups is 1. The van der Waals surface area contributed by atoms with E-state index in [4.69, 9.17) is 4.74 Å². The van der Waals surface area contributed by atoms with Gasteiger partial charge in [0.2, 0.25) is 0 Å². The van der Waals surface area contributed by atoms with Crippen LogP contribution in [0.4, 0.5) is 0 Å². The van der Waals surface area contributed by atoms with Crippen molar-refractivity contribution in [2.45, 2.75) is 95.4 Å². The molecule has 1 aromatic heterocycles. The summed E-state index contributed by atoms with van der Waals surface area (Å²) < 4.78 is 6.40. The predicted molar refractivity (Wildman–Crippen MR) is 143 cm³/mol. The molecule has 3 saturated carbocycles. The molecule has 0 spiro atoms. The van der Waals surface area contributed by atoms with Crippen molar-refractivity contribution in [3.05, 3.63) is 44.2 Å². The number of fused-ring (bicyclic) bond motifs is 5. The van der Waals surface area contributed by atoms with Crippen molar-refractivity contribution in [1.29, 1.82) is 0 Å². The number of allylic oxidation sites excluding steroid dienone is 1. The van der Waals surface area contributed by atoms with Gasteiger partial charge in [0.05, 0.1) is 6.61 Å². The van der Waals surface area contributed by atoms with Crippen LogP contribution in [0.2, 0.25) is 0 Å². The van der Waals surface area contributed by atoms with Gasteiger partial charge in [0.25, 0.3) is 5.56 Å². The van der Waals surface area contributed by atoms with Crippen LogP contribution in [-0.2, 0) is 9.53 Å². The molecule has 40 heavy (non-hydrogen) atoms. The highest BCUT2D eigenvalue weighted by molar-refractivity contribution is 5.91. The van der Waals surface area contributed by atoms with Gasteiger partial charge in [0, 0.05) is 18.0 Å². The van der Waals surface area contributed by atoms with Crippen LogP contribution in [-0.4, -0.2) is 66.3 Å². The zero-order chi connectivity index (χ0) is 28.6. The molecule has 4 fully saturated rings. The molecule has 4 aliphatic carbocycles. The molecule has 0 amide bonds. The number of hydrogen-bond donors (Lipinski definition) is 5. The highest BCUT2D eigenvalue weighted by atomic mass is 16.6. The Morgan fingerprint density at radius 1 is 1.05 bits per heavy atom.